The van der Waals surface area contributed by atoms with Crippen LogP contribution >= 0.6 is 0 Å². The number of H-pyrrole nitrogens is 2. The van der Waals surface area contributed by atoms with Crippen LogP contribution in [-0.4, -0.2) is 29.5 Å². The van der Waals surface area contributed by atoms with Crippen LogP contribution in [0.3, 0.4) is 0 Å². The van der Waals surface area contributed by atoms with Crippen LogP contribution in [0.4, 0.5) is 11.6 Å². The first-order valence-electron chi connectivity index (χ1n) is 10.2. The highest BCUT2D eigenvalue weighted by Crippen LogP contribution is 2.33. The van der Waals surface area contributed by atoms with E-state index in [-0.39, 0.29) is 0 Å². The van der Waals surface area contributed by atoms with Crippen LogP contribution in [0.5, 0.6) is 0 Å². The monoisotopic (exact) mass is 424 g/mol. The summed E-state index contributed by atoms with van der Waals surface area (Å²) in [6.45, 7) is 0. The Labute approximate surface area is 184 Å². The lowest BCUT2D eigenvalue weighted by atomic mass is 10.1. The molecule has 0 spiro atoms. The summed E-state index contributed by atoms with van der Waals surface area (Å²) in [6, 6.07) is 16.5. The minimum atomic E-state index is 0.608. The number of benzene rings is 2. The summed E-state index contributed by atoms with van der Waals surface area (Å²) in [5, 5.41) is 15.8. The van der Waals surface area contributed by atoms with Gasteiger partial charge in [0.1, 0.15) is 11.6 Å². The fourth-order valence-electron chi connectivity index (χ4n) is 4.13. The van der Waals surface area contributed by atoms with E-state index < -0.39 is 0 Å². The third kappa shape index (κ3) is 3.18. The maximum absolute atomic E-state index is 5.85. The van der Waals surface area contributed by atoms with Gasteiger partial charge in [-0.2, -0.15) is 10.2 Å². The van der Waals surface area contributed by atoms with Crippen LogP contribution in [-0.2, 0) is 14.1 Å². The summed E-state index contributed by atoms with van der Waals surface area (Å²) in [5.74, 6) is 1.22. The van der Waals surface area contributed by atoms with Crippen molar-refractivity contribution in [3.63, 3.8) is 0 Å². The second-order valence-corrected chi connectivity index (χ2v) is 7.74. The molecule has 0 aliphatic rings. The van der Waals surface area contributed by atoms with Gasteiger partial charge in [0.2, 0.25) is 0 Å². The van der Waals surface area contributed by atoms with Crippen molar-refractivity contribution in [2.24, 2.45) is 14.1 Å². The number of fused-ring (bicyclic) bond motifs is 2. The Morgan fingerprint density at radius 2 is 1.03 bits per heavy atom. The van der Waals surface area contributed by atoms with Gasteiger partial charge in [0.05, 0.1) is 12.4 Å². The van der Waals surface area contributed by atoms with Crippen molar-refractivity contribution >= 4 is 33.4 Å². The van der Waals surface area contributed by atoms with Crippen molar-refractivity contribution in [1.29, 1.82) is 0 Å². The highest BCUT2D eigenvalue weighted by atomic mass is 15.1. The van der Waals surface area contributed by atoms with E-state index in [0.717, 1.165) is 22.3 Å². The lowest BCUT2D eigenvalue weighted by Gasteiger charge is -1.96. The number of rotatable bonds is 2. The summed E-state index contributed by atoms with van der Waals surface area (Å²) in [4.78, 5) is 0. The molecule has 0 amide bonds. The maximum atomic E-state index is 5.85. The van der Waals surface area contributed by atoms with Gasteiger partial charge in [-0.15, -0.1) is 0 Å². The van der Waals surface area contributed by atoms with Gasteiger partial charge in [0.25, 0.3) is 0 Å². The first-order valence-corrected chi connectivity index (χ1v) is 10.2. The third-order valence-electron chi connectivity index (χ3n) is 5.71. The molecule has 6 N–H and O–H groups in total. The summed E-state index contributed by atoms with van der Waals surface area (Å²) in [5.41, 5.74) is 18.2. The summed E-state index contributed by atoms with van der Waals surface area (Å²) in [6.07, 6.45) is 7.67. The van der Waals surface area contributed by atoms with Gasteiger partial charge in [-0.05, 0) is 12.1 Å². The van der Waals surface area contributed by atoms with E-state index in [1.165, 1.54) is 21.8 Å². The molecule has 8 nitrogen and oxygen atoms in total. The van der Waals surface area contributed by atoms with Crippen LogP contribution < -0.4 is 11.5 Å². The van der Waals surface area contributed by atoms with E-state index in [2.05, 4.69) is 66.2 Å². The maximum Gasteiger partial charge on any atom is 0.126 e. The van der Waals surface area contributed by atoms with E-state index in [4.69, 9.17) is 11.5 Å². The Morgan fingerprint density at radius 3 is 1.41 bits per heavy atom. The first kappa shape index (κ1) is 19.5. The molecule has 0 saturated heterocycles. The SMILES string of the molecule is Cn1cc(-c2cn[nH]c2N)c2ccccc21.Cn1cc(-c2cn[nH]c2N)c2ccccc21. The number of nitrogens with zero attached hydrogens (tertiary/aromatic N) is 4. The molecule has 4 heterocycles. The zero-order valence-electron chi connectivity index (χ0n) is 17.9. The van der Waals surface area contributed by atoms with Gasteiger partial charge >= 0.3 is 0 Å². The van der Waals surface area contributed by atoms with Gasteiger partial charge < -0.3 is 20.6 Å². The van der Waals surface area contributed by atoms with Crippen LogP contribution in [0.1, 0.15) is 0 Å². The van der Waals surface area contributed by atoms with Crippen LogP contribution in [0.25, 0.3) is 44.1 Å². The van der Waals surface area contributed by atoms with Crippen LogP contribution in [0, 0.1) is 0 Å². The number of hydrogen-bond acceptors (Lipinski definition) is 4. The average Bonchev–Trinajstić information content (AvgIpc) is 3.57. The van der Waals surface area contributed by atoms with Gasteiger partial charge in [-0.1, -0.05) is 36.4 Å². The van der Waals surface area contributed by atoms with Crippen molar-refractivity contribution in [2.45, 2.75) is 0 Å². The molecule has 4 aromatic heterocycles. The number of nitrogens with one attached hydrogen (secondary N) is 2. The quantitative estimate of drug-likeness (QED) is 0.331. The summed E-state index contributed by atoms with van der Waals surface area (Å²) in [7, 11) is 4.06. The second-order valence-electron chi connectivity index (χ2n) is 7.74. The Morgan fingerprint density at radius 1 is 0.625 bits per heavy atom. The Bertz CT molecular complexity index is 1410. The average molecular weight is 425 g/mol. The number of aryl methyl sites for hydroxylation is 2. The molecule has 0 unspecified atom stereocenters. The van der Waals surface area contributed by atoms with Gasteiger partial charge in [0, 0.05) is 70.5 Å². The molecular weight excluding hydrogens is 400 g/mol. The minimum Gasteiger partial charge on any atom is -0.384 e. The molecule has 0 aliphatic heterocycles. The zero-order chi connectivity index (χ0) is 22.2. The van der Waals surface area contributed by atoms with E-state index in [1.54, 1.807) is 12.4 Å². The second kappa shape index (κ2) is 7.66. The van der Waals surface area contributed by atoms with Crippen molar-refractivity contribution in [1.82, 2.24) is 29.5 Å². The van der Waals surface area contributed by atoms with E-state index in [9.17, 15) is 0 Å². The normalized spacial score (nSPS) is 11.1. The largest absolute Gasteiger partial charge is 0.384 e. The smallest absolute Gasteiger partial charge is 0.126 e. The molecule has 0 radical (unpaired) electrons. The molecule has 8 heteroatoms. The number of anilines is 2. The lowest BCUT2D eigenvalue weighted by Crippen LogP contribution is -1.86. The molecule has 0 saturated carbocycles. The van der Waals surface area contributed by atoms with Crippen molar-refractivity contribution in [2.75, 3.05) is 11.5 Å². The standard InChI is InChI=1S/2C12H12N4/c2*1-16-7-10(9-6-14-15-12(9)13)8-4-2-3-5-11(8)16/h2*2-7H,1H3,(H3,13,14,15). The Balaban J connectivity index is 0.000000135. The van der Waals surface area contributed by atoms with Gasteiger partial charge in [-0.25, -0.2) is 0 Å². The number of nitrogen functional groups attached to an aromatic ring is 2. The van der Waals surface area contributed by atoms with Crippen molar-refractivity contribution in [3.05, 3.63) is 73.3 Å². The minimum absolute atomic E-state index is 0.608. The molecule has 160 valence electrons. The summed E-state index contributed by atoms with van der Waals surface area (Å²) >= 11 is 0. The molecule has 6 aromatic rings. The van der Waals surface area contributed by atoms with Crippen LogP contribution in [0.15, 0.2) is 73.3 Å². The molecule has 0 fully saturated rings. The van der Waals surface area contributed by atoms with Gasteiger partial charge in [-0.3, -0.25) is 10.2 Å². The number of hydrogen-bond donors (Lipinski definition) is 4. The highest BCUT2D eigenvalue weighted by molar-refractivity contribution is 5.99. The fraction of sp³-hybridized carbons (Fsp3) is 0.0833. The summed E-state index contributed by atoms with van der Waals surface area (Å²) < 4.78 is 4.19. The number of aromatic amines is 2. The van der Waals surface area contributed by atoms with Gasteiger partial charge in [0.15, 0.2) is 0 Å². The van der Waals surface area contributed by atoms with Crippen molar-refractivity contribution in [3.8, 4) is 22.3 Å². The molecule has 32 heavy (non-hydrogen) atoms. The highest BCUT2D eigenvalue weighted by Gasteiger charge is 2.12. The molecule has 6 rings (SSSR count). The van der Waals surface area contributed by atoms with E-state index in [1.807, 2.05) is 38.4 Å². The first-order chi connectivity index (χ1) is 15.5. The third-order valence-corrected chi connectivity index (χ3v) is 5.71. The Kier molecular flexibility index (Phi) is 4.67. The molecule has 0 aliphatic carbocycles. The van der Waals surface area contributed by atoms with E-state index >= 15 is 0 Å². The fourth-order valence-corrected chi connectivity index (χ4v) is 4.13. The predicted octanol–water partition coefficient (Wildman–Crippen LogP) is 4.30. The zero-order valence-corrected chi connectivity index (χ0v) is 17.9. The van der Waals surface area contributed by atoms with Crippen LogP contribution in [0.2, 0.25) is 0 Å². The molecule has 2 aromatic carbocycles. The number of aromatic nitrogens is 6. The van der Waals surface area contributed by atoms with Crippen molar-refractivity contribution < 1.29 is 0 Å². The topological polar surface area (TPSA) is 119 Å². The number of para-hydroxylation sites is 2. The van der Waals surface area contributed by atoms with E-state index in [0.29, 0.717) is 11.6 Å². The molecule has 0 bridgehead atoms. The number of nitrogens with two attached hydrogens (primary N) is 2. The predicted molar refractivity (Wildman–Crippen MR) is 130 cm³/mol. The molecular formula is C24H24N8. The Hall–Kier alpha value is -4.46. The lowest BCUT2D eigenvalue weighted by molar-refractivity contribution is 0.970. The molecule has 0 atom stereocenters.